The van der Waals surface area contributed by atoms with Gasteiger partial charge in [-0.25, -0.2) is 9.59 Å². The van der Waals surface area contributed by atoms with E-state index in [4.69, 9.17) is 15.2 Å². The van der Waals surface area contributed by atoms with E-state index in [1.807, 2.05) is 0 Å². The highest BCUT2D eigenvalue weighted by atomic mass is 19.3. The number of aromatic nitrogens is 2. The Labute approximate surface area is 145 Å². The maximum atomic E-state index is 14.8. The number of anilines is 1. The number of rotatable bonds is 4. The Morgan fingerprint density at radius 3 is 2.65 bits per heavy atom. The molecule has 0 amide bonds. The van der Waals surface area contributed by atoms with Crippen molar-refractivity contribution in [2.24, 2.45) is 0 Å². The number of ether oxygens (including phenoxy) is 2. The van der Waals surface area contributed by atoms with Gasteiger partial charge in [-0.05, 0) is 18.2 Å². The molecule has 2 aromatic rings. The molecular formula is C16H15F2N3O5. The Kier molecular flexibility index (Phi) is 4.70. The van der Waals surface area contributed by atoms with Gasteiger partial charge in [-0.2, -0.15) is 13.8 Å². The second-order valence-corrected chi connectivity index (χ2v) is 5.62. The molecule has 3 N–H and O–H groups in total. The van der Waals surface area contributed by atoms with E-state index in [9.17, 15) is 23.5 Å². The standard InChI is InChI=1S/C16H15F2N3O5/c17-16(18)12(26-13(23)9-4-2-1-3-5-9)10(8-22)25-14(16)21-7-6-11(19)20-15(21)24/h1-7,10,12,14,22H,8H2,(H2,19,20,24)/t10-,12+,14?/m1/s1. The van der Waals surface area contributed by atoms with Crippen LogP contribution in [0, 0.1) is 0 Å². The zero-order valence-corrected chi connectivity index (χ0v) is 13.3. The van der Waals surface area contributed by atoms with Gasteiger partial charge in [0.15, 0.2) is 6.10 Å². The third-order valence-corrected chi connectivity index (χ3v) is 3.88. The molecule has 1 aromatic heterocycles. The average molecular weight is 367 g/mol. The lowest BCUT2D eigenvalue weighted by molar-refractivity contribution is -0.142. The molecule has 0 bridgehead atoms. The lowest BCUT2D eigenvalue weighted by Crippen LogP contribution is -2.44. The smallest absolute Gasteiger partial charge is 0.351 e. The van der Waals surface area contributed by atoms with Gasteiger partial charge < -0.3 is 20.3 Å². The molecule has 1 aliphatic heterocycles. The van der Waals surface area contributed by atoms with Crippen molar-refractivity contribution >= 4 is 11.8 Å². The van der Waals surface area contributed by atoms with E-state index < -0.39 is 42.6 Å². The summed E-state index contributed by atoms with van der Waals surface area (Å²) in [5.74, 6) is -4.93. The number of aliphatic hydroxyl groups excluding tert-OH is 1. The van der Waals surface area contributed by atoms with Gasteiger partial charge in [0.2, 0.25) is 6.23 Å². The summed E-state index contributed by atoms with van der Waals surface area (Å²) in [4.78, 5) is 27.3. The molecular weight excluding hydrogens is 352 g/mol. The Morgan fingerprint density at radius 2 is 2.04 bits per heavy atom. The summed E-state index contributed by atoms with van der Waals surface area (Å²) < 4.78 is 40.2. The van der Waals surface area contributed by atoms with E-state index in [1.54, 1.807) is 18.2 Å². The number of carbonyl (C=O) groups is 1. The molecule has 1 unspecified atom stereocenters. The number of halogens is 2. The fraction of sp³-hybridized carbons (Fsp3) is 0.312. The van der Waals surface area contributed by atoms with Crippen LogP contribution < -0.4 is 11.4 Å². The Balaban J connectivity index is 1.90. The van der Waals surface area contributed by atoms with Crippen molar-refractivity contribution in [1.82, 2.24) is 9.55 Å². The van der Waals surface area contributed by atoms with Crippen molar-refractivity contribution in [3.8, 4) is 0 Å². The van der Waals surface area contributed by atoms with Gasteiger partial charge in [0.1, 0.15) is 11.9 Å². The molecule has 0 aliphatic carbocycles. The molecule has 0 radical (unpaired) electrons. The molecule has 2 heterocycles. The van der Waals surface area contributed by atoms with E-state index in [-0.39, 0.29) is 11.4 Å². The third kappa shape index (κ3) is 3.16. The molecule has 0 saturated carbocycles. The minimum Gasteiger partial charge on any atom is -0.449 e. The molecule has 3 rings (SSSR count). The molecule has 0 spiro atoms. The maximum absolute atomic E-state index is 14.8. The Bertz CT molecular complexity index is 858. The number of aliphatic hydroxyl groups is 1. The van der Waals surface area contributed by atoms with E-state index in [2.05, 4.69) is 4.98 Å². The average Bonchev–Trinajstić information content (AvgIpc) is 2.86. The number of carbonyl (C=O) groups excluding carboxylic acids is 1. The predicted molar refractivity (Wildman–Crippen MR) is 84.5 cm³/mol. The van der Waals surface area contributed by atoms with E-state index in [0.717, 1.165) is 12.3 Å². The van der Waals surface area contributed by atoms with E-state index >= 15 is 0 Å². The van der Waals surface area contributed by atoms with Crippen LogP contribution in [-0.2, 0) is 9.47 Å². The van der Waals surface area contributed by atoms with Gasteiger partial charge in [-0.1, -0.05) is 18.2 Å². The fourth-order valence-corrected chi connectivity index (χ4v) is 2.62. The van der Waals surface area contributed by atoms with Crippen LogP contribution in [-0.4, -0.2) is 45.4 Å². The second-order valence-electron chi connectivity index (χ2n) is 5.62. The van der Waals surface area contributed by atoms with Crippen LogP contribution in [0.1, 0.15) is 16.6 Å². The van der Waals surface area contributed by atoms with Crippen molar-refractivity contribution < 1.29 is 28.2 Å². The number of benzene rings is 1. The first-order valence-electron chi connectivity index (χ1n) is 7.59. The van der Waals surface area contributed by atoms with Crippen LogP contribution >= 0.6 is 0 Å². The van der Waals surface area contributed by atoms with Gasteiger partial charge in [-0.15, -0.1) is 0 Å². The monoisotopic (exact) mass is 367 g/mol. The zero-order valence-electron chi connectivity index (χ0n) is 13.3. The first-order chi connectivity index (χ1) is 12.3. The molecule has 3 atom stereocenters. The highest BCUT2D eigenvalue weighted by Crippen LogP contribution is 2.44. The van der Waals surface area contributed by atoms with Gasteiger partial charge >= 0.3 is 17.6 Å². The zero-order chi connectivity index (χ0) is 18.9. The number of alkyl halides is 2. The largest absolute Gasteiger partial charge is 0.449 e. The molecule has 8 nitrogen and oxygen atoms in total. The van der Waals surface area contributed by atoms with E-state index in [0.29, 0.717) is 4.57 Å². The summed E-state index contributed by atoms with van der Waals surface area (Å²) in [6, 6.07) is 8.69. The molecule has 1 aliphatic rings. The number of nitrogens with zero attached hydrogens (tertiary/aromatic N) is 2. The summed E-state index contributed by atoms with van der Waals surface area (Å²) in [5, 5.41) is 9.36. The number of nitrogens with two attached hydrogens (primary N) is 1. The first kappa shape index (κ1) is 18.0. The van der Waals surface area contributed by atoms with Crippen LogP contribution in [0.15, 0.2) is 47.4 Å². The fourth-order valence-electron chi connectivity index (χ4n) is 2.62. The minimum absolute atomic E-state index is 0.0646. The molecule has 10 heteroatoms. The topological polar surface area (TPSA) is 117 Å². The lowest BCUT2D eigenvalue weighted by Gasteiger charge is -2.24. The van der Waals surface area contributed by atoms with Gasteiger partial charge in [0, 0.05) is 6.20 Å². The SMILES string of the molecule is Nc1ccn(C2O[C@H](CO)[C@H](OC(=O)c3ccccc3)C2(F)F)c(=O)n1. The van der Waals surface area contributed by atoms with Crippen molar-refractivity contribution in [1.29, 1.82) is 0 Å². The highest BCUT2D eigenvalue weighted by Gasteiger charge is 2.62. The summed E-state index contributed by atoms with van der Waals surface area (Å²) in [6.45, 7) is -0.837. The van der Waals surface area contributed by atoms with Crippen LogP contribution in [0.25, 0.3) is 0 Å². The van der Waals surface area contributed by atoms with Gasteiger partial charge in [0.05, 0.1) is 12.2 Å². The van der Waals surface area contributed by atoms with Gasteiger partial charge in [-0.3, -0.25) is 4.57 Å². The van der Waals surface area contributed by atoms with Crippen molar-refractivity contribution in [3.63, 3.8) is 0 Å². The molecule has 1 fully saturated rings. The van der Waals surface area contributed by atoms with Crippen LogP contribution in [0.3, 0.4) is 0 Å². The lowest BCUT2D eigenvalue weighted by atomic mass is 10.1. The van der Waals surface area contributed by atoms with Crippen LogP contribution in [0.2, 0.25) is 0 Å². The van der Waals surface area contributed by atoms with Crippen molar-refractivity contribution in [3.05, 3.63) is 58.6 Å². The minimum atomic E-state index is -3.79. The molecule has 1 aromatic carbocycles. The van der Waals surface area contributed by atoms with Crippen molar-refractivity contribution in [2.75, 3.05) is 12.3 Å². The third-order valence-electron chi connectivity index (χ3n) is 3.88. The van der Waals surface area contributed by atoms with Crippen LogP contribution in [0.5, 0.6) is 0 Å². The highest BCUT2D eigenvalue weighted by molar-refractivity contribution is 5.89. The number of hydrogen-bond donors (Lipinski definition) is 2. The predicted octanol–water partition coefficient (Wildman–Crippen LogP) is 0.576. The summed E-state index contributed by atoms with van der Waals surface area (Å²) in [6.07, 6.45) is -4.71. The second kappa shape index (κ2) is 6.81. The summed E-state index contributed by atoms with van der Waals surface area (Å²) >= 11 is 0. The van der Waals surface area contributed by atoms with Gasteiger partial charge in [0.25, 0.3) is 0 Å². The number of hydrogen-bond acceptors (Lipinski definition) is 7. The van der Waals surface area contributed by atoms with Crippen LogP contribution in [0.4, 0.5) is 14.6 Å². The van der Waals surface area contributed by atoms with E-state index in [1.165, 1.54) is 12.1 Å². The quantitative estimate of drug-likeness (QED) is 0.759. The molecule has 138 valence electrons. The summed E-state index contributed by atoms with van der Waals surface area (Å²) in [5.41, 5.74) is 4.35. The van der Waals surface area contributed by atoms with Crippen molar-refractivity contribution in [2.45, 2.75) is 24.4 Å². The molecule has 1 saturated heterocycles. The molecule has 26 heavy (non-hydrogen) atoms. The number of esters is 1. The first-order valence-corrected chi connectivity index (χ1v) is 7.59. The number of nitrogen functional groups attached to an aromatic ring is 1. The summed E-state index contributed by atoms with van der Waals surface area (Å²) in [7, 11) is 0. The normalized spacial score (nSPS) is 24.3. The Morgan fingerprint density at radius 1 is 1.35 bits per heavy atom. The Hall–Kier alpha value is -2.85. The maximum Gasteiger partial charge on any atom is 0.351 e.